The predicted octanol–water partition coefficient (Wildman–Crippen LogP) is 0.481. The van der Waals surface area contributed by atoms with E-state index in [0.29, 0.717) is 6.61 Å². The number of rotatable bonds is 3. The molecule has 1 saturated heterocycles. The molecule has 1 fully saturated rings. The van der Waals surface area contributed by atoms with Crippen LogP contribution in [0.5, 0.6) is 0 Å². The largest absolute Gasteiger partial charge is 0.393 e. The molecule has 3 heteroatoms. The summed E-state index contributed by atoms with van der Waals surface area (Å²) in [5.74, 6) is 0. The van der Waals surface area contributed by atoms with Gasteiger partial charge in [0.2, 0.25) is 0 Å². The van der Waals surface area contributed by atoms with Gasteiger partial charge < -0.3 is 14.9 Å². The minimum atomic E-state index is -0.735. The highest BCUT2D eigenvalue weighted by Gasteiger charge is 2.51. The Balaban J connectivity index is 2.18. The first kappa shape index (κ1) is 8.69. The average molecular weight is 180 g/mol. The number of aliphatic hydroxyl groups excluding tert-OH is 2. The van der Waals surface area contributed by atoms with E-state index in [2.05, 4.69) is 0 Å². The van der Waals surface area contributed by atoms with E-state index in [9.17, 15) is 5.11 Å². The van der Waals surface area contributed by atoms with E-state index in [1.807, 2.05) is 30.3 Å². The highest BCUT2D eigenvalue weighted by molar-refractivity contribution is 5.22. The number of ether oxygens (including phenoxy) is 1. The SMILES string of the molecule is OC[C@]1([C@H](O)c2ccccc2)CO1. The van der Waals surface area contributed by atoms with Crippen LogP contribution in [0.3, 0.4) is 0 Å². The Morgan fingerprint density at radius 3 is 2.46 bits per heavy atom. The van der Waals surface area contributed by atoms with E-state index in [0.717, 1.165) is 5.56 Å². The van der Waals surface area contributed by atoms with Crippen molar-refractivity contribution in [3.8, 4) is 0 Å². The maximum absolute atomic E-state index is 9.83. The summed E-state index contributed by atoms with van der Waals surface area (Å²) in [6.45, 7) is 0.294. The van der Waals surface area contributed by atoms with Crippen molar-refractivity contribution in [1.82, 2.24) is 0 Å². The lowest BCUT2D eigenvalue weighted by Crippen LogP contribution is -2.26. The monoisotopic (exact) mass is 180 g/mol. The number of benzene rings is 1. The molecule has 1 aliphatic heterocycles. The van der Waals surface area contributed by atoms with Crippen molar-refractivity contribution in [2.45, 2.75) is 11.7 Å². The zero-order chi connectivity index (χ0) is 9.31. The fourth-order valence-electron chi connectivity index (χ4n) is 1.37. The van der Waals surface area contributed by atoms with E-state index < -0.39 is 11.7 Å². The van der Waals surface area contributed by atoms with Gasteiger partial charge in [-0.25, -0.2) is 0 Å². The van der Waals surface area contributed by atoms with Crippen LogP contribution in [0.2, 0.25) is 0 Å². The Kier molecular flexibility index (Phi) is 2.07. The molecular formula is C10H12O3. The number of hydrogen-bond donors (Lipinski definition) is 2. The molecule has 0 saturated carbocycles. The number of aliphatic hydroxyl groups is 2. The summed E-state index contributed by atoms with van der Waals surface area (Å²) < 4.78 is 5.06. The molecule has 2 rings (SSSR count). The Morgan fingerprint density at radius 1 is 1.38 bits per heavy atom. The Bertz CT molecular complexity index is 279. The molecule has 13 heavy (non-hydrogen) atoms. The van der Waals surface area contributed by atoms with Crippen LogP contribution in [-0.2, 0) is 4.74 Å². The van der Waals surface area contributed by atoms with Gasteiger partial charge in [0.15, 0.2) is 0 Å². The molecule has 70 valence electrons. The molecular weight excluding hydrogens is 168 g/mol. The van der Waals surface area contributed by atoms with Crippen LogP contribution < -0.4 is 0 Å². The van der Waals surface area contributed by atoms with Gasteiger partial charge >= 0.3 is 0 Å². The molecule has 1 aliphatic rings. The quantitative estimate of drug-likeness (QED) is 0.665. The maximum Gasteiger partial charge on any atom is 0.144 e. The number of epoxide rings is 1. The summed E-state index contributed by atoms with van der Waals surface area (Å²) in [6, 6.07) is 9.24. The Labute approximate surface area is 76.6 Å². The van der Waals surface area contributed by atoms with Crippen LogP contribution in [0, 0.1) is 0 Å². The summed E-state index contributed by atoms with van der Waals surface area (Å²) in [5.41, 5.74) is 0.0514. The average Bonchev–Trinajstić information content (AvgIpc) is 2.99. The summed E-state index contributed by atoms with van der Waals surface area (Å²) in [6.07, 6.45) is -0.723. The maximum atomic E-state index is 9.83. The van der Waals surface area contributed by atoms with Crippen LogP contribution in [0.15, 0.2) is 30.3 Å². The van der Waals surface area contributed by atoms with Gasteiger partial charge in [-0.05, 0) is 5.56 Å². The minimum Gasteiger partial charge on any atom is -0.393 e. The van der Waals surface area contributed by atoms with Crippen LogP contribution in [0.25, 0.3) is 0 Å². The van der Waals surface area contributed by atoms with Crippen molar-refractivity contribution in [2.24, 2.45) is 0 Å². The summed E-state index contributed by atoms with van der Waals surface area (Å²) in [7, 11) is 0. The second-order valence-corrected chi connectivity index (χ2v) is 3.32. The molecule has 1 aromatic carbocycles. The van der Waals surface area contributed by atoms with Gasteiger partial charge in [-0.1, -0.05) is 30.3 Å². The van der Waals surface area contributed by atoms with E-state index in [1.54, 1.807) is 0 Å². The standard InChI is InChI=1S/C10H12O3/c11-6-10(7-13-10)9(12)8-4-2-1-3-5-8/h1-5,9,11-12H,6-7H2/t9-,10-/m1/s1. The minimum absolute atomic E-state index is 0.136. The normalized spacial score (nSPS) is 28.5. The summed E-state index contributed by atoms with van der Waals surface area (Å²) in [4.78, 5) is 0. The van der Waals surface area contributed by atoms with Crippen molar-refractivity contribution in [2.75, 3.05) is 13.2 Å². The molecule has 0 aromatic heterocycles. The predicted molar refractivity (Wildman–Crippen MR) is 47.2 cm³/mol. The van der Waals surface area contributed by atoms with Crippen molar-refractivity contribution in [1.29, 1.82) is 0 Å². The zero-order valence-electron chi connectivity index (χ0n) is 7.18. The van der Waals surface area contributed by atoms with E-state index in [4.69, 9.17) is 9.84 Å². The van der Waals surface area contributed by atoms with Gasteiger partial charge in [0.1, 0.15) is 11.7 Å². The lowest BCUT2D eigenvalue weighted by molar-refractivity contribution is 0.0359. The van der Waals surface area contributed by atoms with E-state index in [1.165, 1.54) is 0 Å². The molecule has 3 nitrogen and oxygen atoms in total. The first-order chi connectivity index (χ1) is 6.28. The van der Waals surface area contributed by atoms with Gasteiger partial charge in [-0.15, -0.1) is 0 Å². The summed E-state index contributed by atoms with van der Waals surface area (Å²) >= 11 is 0. The third kappa shape index (κ3) is 1.46. The van der Waals surface area contributed by atoms with E-state index >= 15 is 0 Å². The molecule has 0 unspecified atom stereocenters. The number of hydrogen-bond acceptors (Lipinski definition) is 3. The Morgan fingerprint density at radius 2 is 2.00 bits per heavy atom. The van der Waals surface area contributed by atoms with Crippen LogP contribution in [0.1, 0.15) is 11.7 Å². The molecule has 1 aromatic rings. The Hall–Kier alpha value is -0.900. The van der Waals surface area contributed by atoms with Gasteiger partial charge in [-0.3, -0.25) is 0 Å². The van der Waals surface area contributed by atoms with Gasteiger partial charge in [0, 0.05) is 0 Å². The molecule has 0 spiro atoms. The van der Waals surface area contributed by atoms with Crippen molar-refractivity contribution in [3.63, 3.8) is 0 Å². The second kappa shape index (κ2) is 3.10. The van der Waals surface area contributed by atoms with Gasteiger partial charge in [-0.2, -0.15) is 0 Å². The second-order valence-electron chi connectivity index (χ2n) is 3.32. The van der Waals surface area contributed by atoms with Crippen molar-refractivity contribution < 1.29 is 14.9 Å². The summed E-state index contributed by atoms with van der Waals surface area (Å²) in [5, 5.41) is 18.8. The lowest BCUT2D eigenvalue weighted by atomic mass is 9.97. The molecule has 0 aliphatic carbocycles. The van der Waals surface area contributed by atoms with Crippen LogP contribution in [0.4, 0.5) is 0 Å². The van der Waals surface area contributed by atoms with Crippen LogP contribution in [-0.4, -0.2) is 29.0 Å². The molecule has 0 bridgehead atoms. The first-order valence-electron chi connectivity index (χ1n) is 4.26. The van der Waals surface area contributed by atoms with Crippen LogP contribution >= 0.6 is 0 Å². The highest BCUT2D eigenvalue weighted by atomic mass is 16.6. The molecule has 1 heterocycles. The molecule has 2 atom stereocenters. The van der Waals surface area contributed by atoms with Gasteiger partial charge in [0.25, 0.3) is 0 Å². The third-order valence-electron chi connectivity index (χ3n) is 2.40. The fourth-order valence-corrected chi connectivity index (χ4v) is 1.37. The first-order valence-corrected chi connectivity index (χ1v) is 4.26. The highest BCUT2D eigenvalue weighted by Crippen LogP contribution is 2.39. The lowest BCUT2D eigenvalue weighted by Gasteiger charge is -2.16. The smallest absolute Gasteiger partial charge is 0.144 e. The van der Waals surface area contributed by atoms with Gasteiger partial charge in [0.05, 0.1) is 13.2 Å². The zero-order valence-corrected chi connectivity index (χ0v) is 7.18. The topological polar surface area (TPSA) is 53.0 Å². The van der Waals surface area contributed by atoms with Crippen molar-refractivity contribution in [3.05, 3.63) is 35.9 Å². The molecule has 2 N–H and O–H groups in total. The fraction of sp³-hybridized carbons (Fsp3) is 0.400. The molecule has 0 amide bonds. The van der Waals surface area contributed by atoms with Crippen molar-refractivity contribution >= 4 is 0 Å². The molecule has 0 radical (unpaired) electrons. The third-order valence-corrected chi connectivity index (χ3v) is 2.40. The van der Waals surface area contributed by atoms with E-state index in [-0.39, 0.29) is 6.61 Å².